The Bertz CT molecular complexity index is 463. The van der Waals surface area contributed by atoms with E-state index in [4.69, 9.17) is 4.74 Å². The minimum atomic E-state index is -0.536. The molecule has 1 aromatic rings. The lowest BCUT2D eigenvalue weighted by Crippen LogP contribution is -2.50. The smallest absolute Gasteiger partial charge is 0.204 e. The van der Waals surface area contributed by atoms with Crippen LogP contribution in [-0.2, 0) is 0 Å². The van der Waals surface area contributed by atoms with Gasteiger partial charge in [0.05, 0.1) is 12.6 Å². The van der Waals surface area contributed by atoms with Crippen LogP contribution in [0.2, 0.25) is 0 Å². The SMILES string of the molecule is COc1cccnc1C(=O)C(C)(C)N1CCCCCC1. The fourth-order valence-corrected chi connectivity index (χ4v) is 2.79. The van der Waals surface area contributed by atoms with E-state index in [2.05, 4.69) is 9.88 Å². The normalized spacial score (nSPS) is 17.6. The number of hydrogen-bond acceptors (Lipinski definition) is 4. The Morgan fingerprint density at radius 3 is 2.50 bits per heavy atom. The number of ether oxygens (including phenoxy) is 1. The topological polar surface area (TPSA) is 42.4 Å². The lowest BCUT2D eigenvalue weighted by Gasteiger charge is -2.36. The van der Waals surface area contributed by atoms with E-state index < -0.39 is 5.54 Å². The van der Waals surface area contributed by atoms with Gasteiger partial charge in [0.2, 0.25) is 5.78 Å². The van der Waals surface area contributed by atoms with Gasteiger partial charge in [-0.15, -0.1) is 0 Å². The summed E-state index contributed by atoms with van der Waals surface area (Å²) < 4.78 is 5.27. The van der Waals surface area contributed by atoms with Crippen LogP contribution < -0.4 is 4.74 Å². The second kappa shape index (κ2) is 6.35. The first-order valence-corrected chi connectivity index (χ1v) is 7.36. The molecule has 20 heavy (non-hydrogen) atoms. The molecule has 1 saturated heterocycles. The quantitative estimate of drug-likeness (QED) is 0.793. The zero-order valence-corrected chi connectivity index (χ0v) is 12.7. The third-order valence-electron chi connectivity index (χ3n) is 4.16. The Labute approximate surface area is 121 Å². The van der Waals surface area contributed by atoms with E-state index in [1.807, 2.05) is 13.8 Å². The van der Waals surface area contributed by atoms with Crippen molar-refractivity contribution in [3.63, 3.8) is 0 Å². The van der Waals surface area contributed by atoms with Crippen LogP contribution in [-0.4, -0.2) is 41.4 Å². The molecule has 0 bridgehead atoms. The molecule has 4 nitrogen and oxygen atoms in total. The van der Waals surface area contributed by atoms with Gasteiger partial charge in [0.15, 0.2) is 0 Å². The number of ketones is 1. The minimum Gasteiger partial charge on any atom is -0.494 e. The van der Waals surface area contributed by atoms with Gasteiger partial charge in [-0.05, 0) is 51.9 Å². The van der Waals surface area contributed by atoms with Gasteiger partial charge in [-0.3, -0.25) is 9.69 Å². The first kappa shape index (κ1) is 15.0. The van der Waals surface area contributed by atoms with Crippen LogP contribution in [0.1, 0.15) is 50.0 Å². The summed E-state index contributed by atoms with van der Waals surface area (Å²) in [4.78, 5) is 19.4. The van der Waals surface area contributed by atoms with Gasteiger partial charge < -0.3 is 4.74 Å². The Morgan fingerprint density at radius 2 is 1.90 bits per heavy atom. The second-order valence-electron chi connectivity index (χ2n) is 5.84. The van der Waals surface area contributed by atoms with Crippen LogP contribution in [0.15, 0.2) is 18.3 Å². The van der Waals surface area contributed by atoms with Crippen molar-refractivity contribution in [2.45, 2.75) is 45.1 Å². The van der Waals surface area contributed by atoms with E-state index in [9.17, 15) is 4.79 Å². The van der Waals surface area contributed by atoms with Crippen molar-refractivity contribution < 1.29 is 9.53 Å². The highest BCUT2D eigenvalue weighted by Crippen LogP contribution is 2.27. The molecule has 0 atom stereocenters. The van der Waals surface area contributed by atoms with Crippen LogP contribution in [0, 0.1) is 0 Å². The van der Waals surface area contributed by atoms with Crippen molar-refractivity contribution in [2.75, 3.05) is 20.2 Å². The lowest BCUT2D eigenvalue weighted by molar-refractivity contribution is 0.0641. The van der Waals surface area contributed by atoms with Crippen molar-refractivity contribution in [1.82, 2.24) is 9.88 Å². The van der Waals surface area contributed by atoms with E-state index in [1.54, 1.807) is 25.4 Å². The standard InChI is InChI=1S/C16H24N2O2/c1-16(2,18-11-6-4-5-7-12-18)15(19)14-13(20-3)9-8-10-17-14/h8-10H,4-7,11-12H2,1-3H3. The molecule has 1 aliphatic heterocycles. The second-order valence-corrected chi connectivity index (χ2v) is 5.84. The van der Waals surface area contributed by atoms with Crippen molar-refractivity contribution >= 4 is 5.78 Å². The molecule has 0 radical (unpaired) electrons. The minimum absolute atomic E-state index is 0.0388. The predicted molar refractivity (Wildman–Crippen MR) is 79.2 cm³/mol. The average molecular weight is 276 g/mol. The van der Waals surface area contributed by atoms with Gasteiger partial charge in [-0.1, -0.05) is 12.8 Å². The Morgan fingerprint density at radius 1 is 1.25 bits per heavy atom. The maximum absolute atomic E-state index is 12.9. The third-order valence-corrected chi connectivity index (χ3v) is 4.16. The molecule has 2 rings (SSSR count). The molecule has 0 amide bonds. The lowest BCUT2D eigenvalue weighted by atomic mass is 9.93. The van der Waals surface area contributed by atoms with E-state index in [0.717, 1.165) is 25.9 Å². The largest absolute Gasteiger partial charge is 0.494 e. The molecule has 1 aliphatic rings. The van der Waals surface area contributed by atoms with E-state index in [1.165, 1.54) is 12.8 Å². The first-order valence-electron chi connectivity index (χ1n) is 7.36. The van der Waals surface area contributed by atoms with Crippen molar-refractivity contribution in [1.29, 1.82) is 0 Å². The molecular weight excluding hydrogens is 252 g/mol. The highest BCUT2D eigenvalue weighted by atomic mass is 16.5. The maximum atomic E-state index is 12.9. The Hall–Kier alpha value is -1.42. The van der Waals surface area contributed by atoms with E-state index in [-0.39, 0.29) is 5.78 Å². The maximum Gasteiger partial charge on any atom is 0.204 e. The zero-order chi connectivity index (χ0) is 14.6. The van der Waals surface area contributed by atoms with Gasteiger partial charge in [0.1, 0.15) is 11.4 Å². The monoisotopic (exact) mass is 276 g/mol. The highest BCUT2D eigenvalue weighted by molar-refractivity contribution is 6.03. The highest BCUT2D eigenvalue weighted by Gasteiger charge is 2.37. The van der Waals surface area contributed by atoms with Crippen LogP contribution in [0.25, 0.3) is 0 Å². The summed E-state index contributed by atoms with van der Waals surface area (Å²) in [5.74, 6) is 0.595. The van der Waals surface area contributed by atoms with Crippen LogP contribution in [0.3, 0.4) is 0 Å². The van der Waals surface area contributed by atoms with Crippen LogP contribution >= 0.6 is 0 Å². The average Bonchev–Trinajstić information content (AvgIpc) is 2.76. The molecule has 110 valence electrons. The molecule has 0 spiro atoms. The van der Waals surface area contributed by atoms with Gasteiger partial charge in [-0.2, -0.15) is 0 Å². The zero-order valence-electron chi connectivity index (χ0n) is 12.7. The van der Waals surface area contributed by atoms with Gasteiger partial charge in [-0.25, -0.2) is 4.98 Å². The molecule has 0 unspecified atom stereocenters. The summed E-state index contributed by atoms with van der Waals surface area (Å²) in [5, 5.41) is 0. The molecule has 1 fully saturated rings. The summed E-state index contributed by atoms with van der Waals surface area (Å²) in [7, 11) is 1.58. The molecule has 0 aliphatic carbocycles. The molecule has 0 saturated carbocycles. The fraction of sp³-hybridized carbons (Fsp3) is 0.625. The van der Waals surface area contributed by atoms with Crippen molar-refractivity contribution in [3.8, 4) is 5.75 Å². The number of carbonyl (C=O) groups excluding carboxylic acids is 1. The van der Waals surface area contributed by atoms with Gasteiger partial charge >= 0.3 is 0 Å². The van der Waals surface area contributed by atoms with E-state index >= 15 is 0 Å². The number of Topliss-reactive ketones (excluding diaryl/α,β-unsaturated/α-hetero) is 1. The molecule has 4 heteroatoms. The summed E-state index contributed by atoms with van der Waals surface area (Å²) in [5.41, 5.74) is -0.101. The summed E-state index contributed by atoms with van der Waals surface area (Å²) in [6.45, 7) is 5.95. The molecular formula is C16H24N2O2. The molecule has 0 aromatic carbocycles. The Kier molecular flexibility index (Phi) is 4.76. The number of likely N-dealkylation sites (tertiary alicyclic amines) is 1. The molecule has 1 aromatic heterocycles. The summed E-state index contributed by atoms with van der Waals surface area (Å²) in [6, 6.07) is 3.58. The first-order chi connectivity index (χ1) is 9.57. The number of methoxy groups -OCH3 is 1. The molecule has 0 N–H and O–H groups in total. The number of rotatable bonds is 4. The van der Waals surface area contributed by atoms with Crippen LogP contribution in [0.5, 0.6) is 5.75 Å². The van der Waals surface area contributed by atoms with Gasteiger partial charge in [0.25, 0.3) is 0 Å². The fourth-order valence-electron chi connectivity index (χ4n) is 2.79. The summed E-state index contributed by atoms with van der Waals surface area (Å²) >= 11 is 0. The van der Waals surface area contributed by atoms with Crippen LogP contribution in [0.4, 0.5) is 0 Å². The number of aromatic nitrogens is 1. The van der Waals surface area contributed by atoms with Crippen molar-refractivity contribution in [3.05, 3.63) is 24.0 Å². The Balaban J connectivity index is 2.25. The van der Waals surface area contributed by atoms with E-state index in [0.29, 0.717) is 11.4 Å². The number of hydrogen-bond donors (Lipinski definition) is 0. The summed E-state index contributed by atoms with van der Waals surface area (Å²) in [6.07, 6.45) is 6.49. The number of carbonyl (C=O) groups is 1. The van der Waals surface area contributed by atoms with Crippen molar-refractivity contribution in [2.24, 2.45) is 0 Å². The number of pyridine rings is 1. The predicted octanol–water partition coefficient (Wildman–Crippen LogP) is 2.93. The molecule has 2 heterocycles. The number of nitrogens with zero attached hydrogens (tertiary/aromatic N) is 2. The third kappa shape index (κ3) is 3.01. The van der Waals surface area contributed by atoms with Gasteiger partial charge in [0, 0.05) is 6.20 Å².